The lowest BCUT2D eigenvalue weighted by Gasteiger charge is -1.91. The maximum absolute atomic E-state index is 10.3. The summed E-state index contributed by atoms with van der Waals surface area (Å²) in [6.45, 7) is 3.25. The highest BCUT2D eigenvalue weighted by molar-refractivity contribution is 6.61. The highest BCUT2D eigenvalue weighted by Gasteiger charge is 2.03. The lowest BCUT2D eigenvalue weighted by atomic mass is 10.4. The molecule has 4 heteroatoms. The fraction of sp³-hybridized carbons (Fsp3) is 0.200. The molecule has 0 aromatic rings. The van der Waals surface area contributed by atoms with Crippen LogP contribution in [0, 0.1) is 0 Å². The Morgan fingerprint density at radius 2 is 2.22 bits per heavy atom. The largest absolute Gasteiger partial charge is 0.411 e. The lowest BCUT2D eigenvalue weighted by Crippen LogP contribution is -2.03. The van der Waals surface area contributed by atoms with Crippen molar-refractivity contribution < 1.29 is 14.3 Å². The zero-order valence-corrected chi connectivity index (χ0v) is 5.35. The van der Waals surface area contributed by atoms with E-state index in [1.807, 2.05) is 0 Å². The number of rotatable bonds is 2. The highest BCUT2D eigenvalue weighted by Crippen LogP contribution is 1.91. The van der Waals surface area contributed by atoms with Gasteiger partial charge < -0.3 is 4.74 Å². The molecule has 9 heavy (non-hydrogen) atoms. The first-order chi connectivity index (χ1) is 4.16. The third-order valence-electron chi connectivity index (χ3n) is 0.505. The average molecular weight is 149 g/mol. The van der Waals surface area contributed by atoms with Crippen LogP contribution in [0.25, 0.3) is 0 Å². The topological polar surface area (TPSA) is 43.4 Å². The van der Waals surface area contributed by atoms with Gasteiger partial charge in [0.25, 0.3) is 0 Å². The SMILES string of the molecule is C=CCC(=O)OC(=O)Cl. The Hall–Kier alpha value is -0.830. The Kier molecular flexibility index (Phi) is 3.71. The van der Waals surface area contributed by atoms with Crippen molar-refractivity contribution in [2.45, 2.75) is 6.42 Å². The zero-order valence-electron chi connectivity index (χ0n) is 4.59. The molecule has 0 rings (SSSR count). The number of ether oxygens (including phenoxy) is 1. The number of esters is 1. The van der Waals surface area contributed by atoms with Crippen molar-refractivity contribution in [2.75, 3.05) is 0 Å². The van der Waals surface area contributed by atoms with Crippen molar-refractivity contribution in [3.05, 3.63) is 12.7 Å². The van der Waals surface area contributed by atoms with Crippen molar-refractivity contribution in [1.82, 2.24) is 0 Å². The van der Waals surface area contributed by atoms with Crippen molar-refractivity contribution in [2.24, 2.45) is 0 Å². The summed E-state index contributed by atoms with van der Waals surface area (Å²) >= 11 is 4.69. The van der Waals surface area contributed by atoms with Gasteiger partial charge in [0, 0.05) is 11.6 Å². The quantitative estimate of drug-likeness (QED) is 0.258. The standard InChI is InChI=1S/C5H5ClO3/c1-2-3-4(7)9-5(6)8/h2H,1,3H2. The number of hydrogen-bond donors (Lipinski definition) is 0. The third kappa shape index (κ3) is 5.03. The number of halogens is 1. The van der Waals surface area contributed by atoms with Crippen LogP contribution in [0.5, 0.6) is 0 Å². The molecule has 0 saturated carbocycles. The molecule has 0 aromatic heterocycles. The number of carbonyl (C=O) groups excluding carboxylic acids is 2. The summed E-state index contributed by atoms with van der Waals surface area (Å²) in [6, 6.07) is 0. The molecule has 0 unspecified atom stereocenters. The van der Waals surface area contributed by atoms with E-state index in [0.29, 0.717) is 0 Å². The third-order valence-corrected chi connectivity index (χ3v) is 0.582. The number of carbonyl (C=O) groups is 2. The molecule has 0 radical (unpaired) electrons. The monoisotopic (exact) mass is 148 g/mol. The minimum atomic E-state index is -1.11. The van der Waals surface area contributed by atoms with E-state index in [4.69, 9.17) is 11.6 Å². The Balaban J connectivity index is 3.50. The van der Waals surface area contributed by atoms with Crippen LogP contribution in [0.2, 0.25) is 0 Å². The van der Waals surface area contributed by atoms with E-state index in [-0.39, 0.29) is 6.42 Å². The molecule has 0 N–H and O–H groups in total. The van der Waals surface area contributed by atoms with Gasteiger partial charge in [-0.25, -0.2) is 4.79 Å². The van der Waals surface area contributed by atoms with E-state index in [2.05, 4.69) is 11.3 Å². The summed E-state index contributed by atoms with van der Waals surface area (Å²) in [5.41, 5.74) is -1.11. The molecule has 0 amide bonds. The first kappa shape index (κ1) is 8.17. The van der Waals surface area contributed by atoms with Crippen LogP contribution >= 0.6 is 11.6 Å². The zero-order chi connectivity index (χ0) is 7.28. The van der Waals surface area contributed by atoms with Gasteiger partial charge in [0.2, 0.25) is 0 Å². The number of hydrogen-bond acceptors (Lipinski definition) is 3. The molecule has 0 bridgehead atoms. The van der Waals surface area contributed by atoms with Gasteiger partial charge in [0.15, 0.2) is 0 Å². The van der Waals surface area contributed by atoms with Crippen molar-refractivity contribution in [3.63, 3.8) is 0 Å². The molecule has 0 aliphatic carbocycles. The predicted octanol–water partition coefficient (Wildman–Crippen LogP) is 1.46. The fourth-order valence-corrected chi connectivity index (χ4v) is 0.335. The lowest BCUT2D eigenvalue weighted by molar-refractivity contribution is -0.135. The van der Waals surface area contributed by atoms with Gasteiger partial charge in [0.1, 0.15) is 0 Å². The molecular weight excluding hydrogens is 144 g/mol. The van der Waals surface area contributed by atoms with E-state index in [1.54, 1.807) is 0 Å². The van der Waals surface area contributed by atoms with Crippen molar-refractivity contribution >= 4 is 23.0 Å². The second-order valence-electron chi connectivity index (χ2n) is 1.20. The second-order valence-corrected chi connectivity index (χ2v) is 1.51. The Bertz CT molecular complexity index is 141. The summed E-state index contributed by atoms with van der Waals surface area (Å²) in [5.74, 6) is -0.690. The molecule has 0 spiro atoms. The molecule has 0 heterocycles. The maximum atomic E-state index is 10.3. The van der Waals surface area contributed by atoms with Gasteiger partial charge in [-0.3, -0.25) is 4.79 Å². The molecule has 0 fully saturated rings. The summed E-state index contributed by atoms with van der Waals surface area (Å²) in [5, 5.41) is 0. The molecule has 0 saturated heterocycles. The molecular formula is C5H5ClO3. The highest BCUT2D eigenvalue weighted by atomic mass is 35.5. The van der Waals surface area contributed by atoms with Crippen LogP contribution < -0.4 is 0 Å². The summed E-state index contributed by atoms with van der Waals surface area (Å²) in [7, 11) is 0. The van der Waals surface area contributed by atoms with Crippen LogP contribution in [0.1, 0.15) is 6.42 Å². The molecule has 0 atom stereocenters. The first-order valence-electron chi connectivity index (χ1n) is 2.18. The van der Waals surface area contributed by atoms with Crippen molar-refractivity contribution in [1.29, 1.82) is 0 Å². The molecule has 0 aromatic carbocycles. The van der Waals surface area contributed by atoms with E-state index < -0.39 is 11.4 Å². The second kappa shape index (κ2) is 4.09. The van der Waals surface area contributed by atoms with Crippen LogP contribution in [0.4, 0.5) is 4.79 Å². The first-order valence-corrected chi connectivity index (χ1v) is 2.55. The van der Waals surface area contributed by atoms with E-state index in [1.165, 1.54) is 6.08 Å². The Labute approximate surface area is 57.2 Å². The predicted molar refractivity (Wildman–Crippen MR) is 32.2 cm³/mol. The molecule has 3 nitrogen and oxygen atoms in total. The van der Waals surface area contributed by atoms with Gasteiger partial charge in [0.05, 0.1) is 6.42 Å². The Morgan fingerprint density at radius 3 is 2.56 bits per heavy atom. The summed E-state index contributed by atoms with van der Waals surface area (Å²) in [6.07, 6.45) is 1.32. The van der Waals surface area contributed by atoms with E-state index >= 15 is 0 Å². The van der Waals surface area contributed by atoms with E-state index in [9.17, 15) is 9.59 Å². The van der Waals surface area contributed by atoms with Gasteiger partial charge in [-0.2, -0.15) is 0 Å². The van der Waals surface area contributed by atoms with Crippen LogP contribution in [0.15, 0.2) is 12.7 Å². The van der Waals surface area contributed by atoms with Gasteiger partial charge in [-0.1, -0.05) is 6.08 Å². The normalized spacial score (nSPS) is 8.11. The fourth-order valence-electron chi connectivity index (χ4n) is 0.249. The summed E-state index contributed by atoms with van der Waals surface area (Å²) in [4.78, 5) is 20.1. The van der Waals surface area contributed by atoms with Crippen LogP contribution in [-0.2, 0) is 9.53 Å². The van der Waals surface area contributed by atoms with Gasteiger partial charge in [-0.05, 0) is 0 Å². The maximum Gasteiger partial charge on any atom is 0.411 e. The molecule has 0 aliphatic heterocycles. The van der Waals surface area contributed by atoms with E-state index in [0.717, 1.165) is 0 Å². The molecule has 0 aliphatic rings. The average Bonchev–Trinajstić information content (AvgIpc) is 1.63. The minimum absolute atomic E-state index is 0.00153. The van der Waals surface area contributed by atoms with Crippen LogP contribution in [-0.4, -0.2) is 11.4 Å². The molecule has 50 valence electrons. The summed E-state index contributed by atoms with van der Waals surface area (Å²) < 4.78 is 3.91. The van der Waals surface area contributed by atoms with Crippen LogP contribution in [0.3, 0.4) is 0 Å². The van der Waals surface area contributed by atoms with Gasteiger partial charge >= 0.3 is 11.4 Å². The smallest absolute Gasteiger partial charge is 0.380 e. The van der Waals surface area contributed by atoms with Crippen molar-refractivity contribution in [3.8, 4) is 0 Å². The Morgan fingerprint density at radius 1 is 1.67 bits per heavy atom. The van der Waals surface area contributed by atoms with Gasteiger partial charge in [-0.15, -0.1) is 6.58 Å². The minimum Gasteiger partial charge on any atom is -0.380 e.